The fourth-order valence-corrected chi connectivity index (χ4v) is 5.81. The lowest BCUT2D eigenvalue weighted by Gasteiger charge is -2.30. The monoisotopic (exact) mass is 537 g/mol. The highest BCUT2D eigenvalue weighted by atomic mass is 32.1. The number of hydrogen-bond acceptors (Lipinski definition) is 7. The maximum absolute atomic E-state index is 14.4. The second-order valence-electron chi connectivity index (χ2n) is 9.34. The number of carbonyl (C=O) groups is 2. The van der Waals surface area contributed by atoms with E-state index in [1.807, 2.05) is 0 Å². The van der Waals surface area contributed by atoms with Gasteiger partial charge in [-0.1, -0.05) is 12.1 Å². The van der Waals surface area contributed by atoms with Crippen molar-refractivity contribution in [2.75, 3.05) is 19.7 Å². The van der Waals surface area contributed by atoms with Gasteiger partial charge in [0.15, 0.2) is 4.96 Å². The van der Waals surface area contributed by atoms with Gasteiger partial charge in [0.1, 0.15) is 17.2 Å². The number of amides is 1. The second kappa shape index (κ2) is 10.5. The van der Waals surface area contributed by atoms with E-state index in [2.05, 4.69) is 10.1 Å². The number of thiazole rings is 1. The van der Waals surface area contributed by atoms with Crippen LogP contribution in [0.4, 0.5) is 4.39 Å². The van der Waals surface area contributed by atoms with Gasteiger partial charge in [-0.3, -0.25) is 18.8 Å². The Morgan fingerprint density at radius 2 is 1.92 bits per heavy atom. The molecule has 0 radical (unpaired) electrons. The zero-order valence-corrected chi connectivity index (χ0v) is 22.3. The topological polar surface area (TPSA) is 98.8 Å². The maximum Gasteiger partial charge on any atom is 0.309 e. The molecule has 0 N–H and O–H groups in total. The van der Waals surface area contributed by atoms with E-state index in [1.54, 1.807) is 55.3 Å². The molecule has 11 heteroatoms. The first-order valence-corrected chi connectivity index (χ1v) is 13.4. The number of ether oxygens (including phenoxy) is 1. The van der Waals surface area contributed by atoms with Crippen LogP contribution in [0.15, 0.2) is 40.5 Å². The Hall–Kier alpha value is -3.86. The third kappa shape index (κ3) is 4.73. The van der Waals surface area contributed by atoms with E-state index >= 15 is 0 Å². The molecule has 1 aliphatic rings. The summed E-state index contributed by atoms with van der Waals surface area (Å²) >= 11 is 1.30. The number of piperidine rings is 1. The van der Waals surface area contributed by atoms with E-state index < -0.39 is 5.82 Å². The van der Waals surface area contributed by atoms with Crippen LogP contribution in [0.5, 0.6) is 0 Å². The molecular weight excluding hydrogens is 509 g/mol. The van der Waals surface area contributed by atoms with E-state index in [4.69, 9.17) is 4.74 Å². The minimum absolute atomic E-state index is 0.0385. The number of esters is 1. The highest BCUT2D eigenvalue weighted by molar-refractivity contribution is 7.15. The molecule has 0 atom stereocenters. The Labute approximate surface area is 222 Å². The SMILES string of the molecule is CCOC(=O)C1CCN(C(=O)Cc2csc3nc(C)c(-c4cc(C)n(-c5ccccc5F)n4)c(=O)n23)CC1. The molecule has 1 saturated heterocycles. The van der Waals surface area contributed by atoms with Crippen LogP contribution in [0.2, 0.25) is 0 Å². The van der Waals surface area contributed by atoms with Gasteiger partial charge >= 0.3 is 5.97 Å². The lowest BCUT2D eigenvalue weighted by Crippen LogP contribution is -2.41. The fraction of sp³-hybridized carbons (Fsp3) is 0.370. The Bertz CT molecular complexity index is 1580. The quantitative estimate of drug-likeness (QED) is 0.348. The van der Waals surface area contributed by atoms with Gasteiger partial charge in [0.2, 0.25) is 5.91 Å². The number of hydrogen-bond donors (Lipinski definition) is 0. The van der Waals surface area contributed by atoms with Crippen LogP contribution in [0.1, 0.15) is 36.8 Å². The van der Waals surface area contributed by atoms with Crippen molar-refractivity contribution in [3.8, 4) is 16.9 Å². The van der Waals surface area contributed by atoms with Crippen LogP contribution < -0.4 is 5.56 Å². The van der Waals surface area contributed by atoms with Crippen LogP contribution in [-0.2, 0) is 20.7 Å². The van der Waals surface area contributed by atoms with Crippen molar-refractivity contribution in [2.45, 2.75) is 40.0 Å². The number of likely N-dealkylation sites (tertiary alicyclic amines) is 1. The summed E-state index contributed by atoms with van der Waals surface area (Å²) < 4.78 is 22.5. The van der Waals surface area contributed by atoms with Crippen LogP contribution >= 0.6 is 11.3 Å². The summed E-state index contributed by atoms with van der Waals surface area (Å²) in [4.78, 5) is 45.7. The average molecular weight is 538 g/mol. The van der Waals surface area contributed by atoms with Gasteiger partial charge < -0.3 is 9.64 Å². The minimum Gasteiger partial charge on any atom is -0.466 e. The molecule has 5 rings (SSSR count). The highest BCUT2D eigenvalue weighted by Gasteiger charge is 2.29. The molecule has 1 amide bonds. The predicted octanol–water partition coefficient (Wildman–Crippen LogP) is 3.71. The van der Waals surface area contributed by atoms with Gasteiger partial charge in [-0.05, 0) is 51.8 Å². The molecule has 1 aromatic carbocycles. The summed E-state index contributed by atoms with van der Waals surface area (Å²) in [5, 5.41) is 6.31. The van der Waals surface area contributed by atoms with Gasteiger partial charge in [-0.15, -0.1) is 11.3 Å². The fourth-order valence-electron chi connectivity index (χ4n) is 4.88. The van der Waals surface area contributed by atoms with Gasteiger partial charge in [-0.2, -0.15) is 5.10 Å². The van der Waals surface area contributed by atoms with E-state index in [0.29, 0.717) is 65.8 Å². The number of nitrogens with zero attached hydrogens (tertiary/aromatic N) is 5. The van der Waals surface area contributed by atoms with Crippen molar-refractivity contribution in [3.63, 3.8) is 0 Å². The van der Waals surface area contributed by atoms with Crippen molar-refractivity contribution in [1.82, 2.24) is 24.1 Å². The van der Waals surface area contributed by atoms with Crippen LogP contribution in [0.3, 0.4) is 0 Å². The minimum atomic E-state index is -0.419. The van der Waals surface area contributed by atoms with Crippen molar-refractivity contribution in [1.29, 1.82) is 0 Å². The summed E-state index contributed by atoms with van der Waals surface area (Å²) in [6, 6.07) is 8.04. The Morgan fingerprint density at radius 3 is 2.63 bits per heavy atom. The first-order valence-electron chi connectivity index (χ1n) is 12.5. The first kappa shape index (κ1) is 25.8. The van der Waals surface area contributed by atoms with Crippen LogP contribution in [0.25, 0.3) is 21.9 Å². The normalized spacial score (nSPS) is 14.3. The van der Waals surface area contributed by atoms with Crippen molar-refractivity contribution >= 4 is 28.2 Å². The van der Waals surface area contributed by atoms with Gasteiger partial charge in [0, 0.05) is 29.9 Å². The lowest BCUT2D eigenvalue weighted by atomic mass is 9.97. The molecule has 3 aromatic heterocycles. The summed E-state index contributed by atoms with van der Waals surface area (Å²) in [7, 11) is 0. The molecule has 4 aromatic rings. The second-order valence-corrected chi connectivity index (χ2v) is 10.2. The Morgan fingerprint density at radius 1 is 1.18 bits per heavy atom. The third-order valence-corrected chi connectivity index (χ3v) is 7.72. The molecule has 1 aliphatic heterocycles. The third-order valence-electron chi connectivity index (χ3n) is 6.85. The van der Waals surface area contributed by atoms with Crippen LogP contribution in [0, 0.1) is 25.6 Å². The summed E-state index contributed by atoms with van der Waals surface area (Å²) in [6.07, 6.45) is 1.16. The van der Waals surface area contributed by atoms with Crippen molar-refractivity contribution in [2.24, 2.45) is 5.92 Å². The molecule has 0 aliphatic carbocycles. The molecule has 0 bridgehead atoms. The van der Waals surface area contributed by atoms with Crippen LogP contribution in [-0.4, -0.2) is 55.6 Å². The number of aryl methyl sites for hydroxylation is 2. The number of halogens is 1. The number of aromatic nitrogens is 4. The van der Waals surface area contributed by atoms with E-state index in [0.717, 1.165) is 0 Å². The Kier molecular flexibility index (Phi) is 7.11. The molecule has 38 heavy (non-hydrogen) atoms. The van der Waals surface area contributed by atoms with Crippen molar-refractivity contribution in [3.05, 3.63) is 69.0 Å². The summed E-state index contributed by atoms with van der Waals surface area (Å²) in [5.74, 6) is -0.930. The largest absolute Gasteiger partial charge is 0.466 e. The zero-order chi connectivity index (χ0) is 27.0. The molecule has 0 saturated carbocycles. The summed E-state index contributed by atoms with van der Waals surface area (Å²) in [5.41, 5.74) is 2.39. The van der Waals surface area contributed by atoms with Gasteiger partial charge in [-0.25, -0.2) is 14.1 Å². The number of rotatable bonds is 6. The number of carbonyl (C=O) groups excluding carboxylic acids is 2. The average Bonchev–Trinajstić information content (AvgIpc) is 3.47. The zero-order valence-electron chi connectivity index (χ0n) is 21.4. The number of fused-ring (bicyclic) bond motifs is 1. The molecular formula is C27H28FN5O4S. The standard InChI is InChI=1S/C27H28FN5O4S/c1-4-37-26(36)18-9-11-31(12-10-18)23(34)14-19-15-38-27-29-17(3)24(25(35)32(19)27)21-13-16(2)33(30-21)22-8-6-5-7-20(22)28/h5-8,13,15,18H,4,9-12,14H2,1-3H3. The molecule has 1 fully saturated rings. The lowest BCUT2D eigenvalue weighted by molar-refractivity contribution is -0.151. The molecule has 0 spiro atoms. The smallest absolute Gasteiger partial charge is 0.309 e. The molecule has 0 unspecified atom stereocenters. The molecule has 198 valence electrons. The predicted molar refractivity (Wildman–Crippen MR) is 141 cm³/mol. The van der Waals surface area contributed by atoms with Crippen molar-refractivity contribution < 1.29 is 18.7 Å². The molecule has 9 nitrogen and oxygen atoms in total. The van der Waals surface area contributed by atoms with Gasteiger partial charge in [0.25, 0.3) is 5.56 Å². The van der Waals surface area contributed by atoms with E-state index in [9.17, 15) is 18.8 Å². The van der Waals surface area contributed by atoms with E-state index in [-0.39, 0.29) is 35.5 Å². The van der Waals surface area contributed by atoms with E-state index in [1.165, 1.54) is 26.5 Å². The van der Waals surface area contributed by atoms with Gasteiger partial charge in [0.05, 0.1) is 30.2 Å². The Balaban J connectivity index is 1.42. The highest BCUT2D eigenvalue weighted by Crippen LogP contribution is 2.25. The first-order chi connectivity index (χ1) is 18.3. The maximum atomic E-state index is 14.4. The molecule has 4 heterocycles. The summed E-state index contributed by atoms with van der Waals surface area (Å²) in [6.45, 7) is 6.59. The number of para-hydroxylation sites is 1. The number of benzene rings is 1.